The van der Waals surface area contributed by atoms with Gasteiger partial charge in [0.15, 0.2) is 5.82 Å². The molecule has 0 aliphatic carbocycles. The molecular weight excluding hydrogens is 306 g/mol. The summed E-state index contributed by atoms with van der Waals surface area (Å²) < 4.78 is 7.46. The molecular formula is C17H29N5O2. The van der Waals surface area contributed by atoms with E-state index >= 15 is 0 Å². The Labute approximate surface area is 143 Å². The second kappa shape index (κ2) is 7.51. The van der Waals surface area contributed by atoms with Crippen LogP contribution < -0.4 is 5.32 Å². The maximum Gasteiger partial charge on any atom is 0.317 e. The minimum atomic E-state index is 0.0971. The largest absolute Gasteiger partial charge is 0.377 e. The average molecular weight is 335 g/mol. The lowest BCUT2D eigenvalue weighted by Gasteiger charge is -2.41. The van der Waals surface area contributed by atoms with Gasteiger partial charge in [0.2, 0.25) is 0 Å². The highest BCUT2D eigenvalue weighted by Crippen LogP contribution is 2.41. The topological polar surface area (TPSA) is 72.3 Å². The van der Waals surface area contributed by atoms with Crippen LogP contribution >= 0.6 is 0 Å². The number of ether oxygens (including phenoxy) is 1. The number of amides is 2. The summed E-state index contributed by atoms with van der Waals surface area (Å²) in [5, 5.41) is 11.6. The van der Waals surface area contributed by atoms with Crippen molar-refractivity contribution in [2.75, 3.05) is 26.7 Å². The van der Waals surface area contributed by atoms with Crippen molar-refractivity contribution in [2.45, 2.75) is 58.6 Å². The average Bonchev–Trinajstić information content (AvgIpc) is 2.90. The molecule has 1 aromatic rings. The Morgan fingerprint density at radius 1 is 1.21 bits per heavy atom. The monoisotopic (exact) mass is 335 g/mol. The number of methoxy groups -OCH3 is 1. The van der Waals surface area contributed by atoms with Gasteiger partial charge in [0.25, 0.3) is 0 Å². The number of hydrogen-bond donors (Lipinski definition) is 1. The maximum atomic E-state index is 12.1. The normalized spacial score (nSPS) is 19.8. The van der Waals surface area contributed by atoms with Gasteiger partial charge in [0.1, 0.15) is 12.4 Å². The molecule has 0 bridgehead atoms. The van der Waals surface area contributed by atoms with Crippen LogP contribution in [0.4, 0.5) is 4.79 Å². The molecule has 3 heterocycles. The summed E-state index contributed by atoms with van der Waals surface area (Å²) in [6.07, 6.45) is 6.40. The Morgan fingerprint density at radius 3 is 2.67 bits per heavy atom. The Kier molecular flexibility index (Phi) is 5.38. The SMILES string of the molecule is CCCNC(=O)N1CCC2(CCc3nnc(COC)n3CC2)CC1. The second-order valence-electron chi connectivity index (χ2n) is 7.09. The van der Waals surface area contributed by atoms with Crippen LogP contribution in [0.1, 0.15) is 50.7 Å². The van der Waals surface area contributed by atoms with Gasteiger partial charge in [0, 0.05) is 39.7 Å². The van der Waals surface area contributed by atoms with E-state index in [0.717, 1.165) is 76.4 Å². The highest BCUT2D eigenvalue weighted by molar-refractivity contribution is 5.74. The van der Waals surface area contributed by atoms with Gasteiger partial charge in [0.05, 0.1) is 0 Å². The zero-order chi connectivity index (χ0) is 17.0. The quantitative estimate of drug-likeness (QED) is 0.913. The molecule has 1 N–H and O–H groups in total. The van der Waals surface area contributed by atoms with Crippen molar-refractivity contribution in [3.8, 4) is 0 Å². The predicted octanol–water partition coefficient (Wildman–Crippen LogP) is 1.96. The Balaban J connectivity index is 1.58. The molecule has 1 spiro atoms. The van der Waals surface area contributed by atoms with E-state index in [1.54, 1.807) is 7.11 Å². The van der Waals surface area contributed by atoms with Crippen LogP contribution in [0.5, 0.6) is 0 Å². The van der Waals surface area contributed by atoms with E-state index in [4.69, 9.17) is 4.74 Å². The van der Waals surface area contributed by atoms with Crippen LogP contribution in [-0.4, -0.2) is 52.4 Å². The predicted molar refractivity (Wildman–Crippen MR) is 90.6 cm³/mol. The second-order valence-corrected chi connectivity index (χ2v) is 7.09. The molecule has 2 aliphatic heterocycles. The van der Waals surface area contributed by atoms with Crippen LogP contribution in [0.15, 0.2) is 0 Å². The number of aryl methyl sites for hydroxylation is 1. The minimum absolute atomic E-state index is 0.0971. The van der Waals surface area contributed by atoms with Crippen LogP contribution in [0, 0.1) is 5.41 Å². The van der Waals surface area contributed by atoms with Crippen LogP contribution in [0.2, 0.25) is 0 Å². The van der Waals surface area contributed by atoms with Crippen LogP contribution in [0.25, 0.3) is 0 Å². The molecule has 0 saturated carbocycles. The highest BCUT2D eigenvalue weighted by Gasteiger charge is 2.37. The lowest BCUT2D eigenvalue weighted by molar-refractivity contribution is 0.0998. The molecule has 7 nitrogen and oxygen atoms in total. The van der Waals surface area contributed by atoms with E-state index in [1.165, 1.54) is 0 Å². The van der Waals surface area contributed by atoms with Crippen molar-refractivity contribution in [1.82, 2.24) is 25.0 Å². The highest BCUT2D eigenvalue weighted by atomic mass is 16.5. The molecule has 2 amide bonds. The molecule has 1 aromatic heterocycles. The molecule has 134 valence electrons. The number of piperidine rings is 1. The Hall–Kier alpha value is -1.63. The van der Waals surface area contributed by atoms with Gasteiger partial charge in [-0.1, -0.05) is 6.92 Å². The van der Waals surface area contributed by atoms with Gasteiger partial charge >= 0.3 is 6.03 Å². The number of nitrogens with one attached hydrogen (secondary N) is 1. The summed E-state index contributed by atoms with van der Waals surface area (Å²) in [7, 11) is 1.69. The number of fused-ring (bicyclic) bond motifs is 1. The standard InChI is InChI=1S/C17H29N5O2/c1-3-9-18-16(23)21-10-6-17(7-11-21)5-4-14-19-20-15(13-24-2)22(14)12-8-17/h3-13H2,1-2H3,(H,18,23). The molecule has 1 fully saturated rings. The van der Waals surface area contributed by atoms with Crippen LogP contribution in [0.3, 0.4) is 0 Å². The lowest BCUT2D eigenvalue weighted by atomic mass is 9.73. The number of aromatic nitrogens is 3. The Bertz CT molecular complexity index is 563. The first-order valence-electron chi connectivity index (χ1n) is 9.10. The zero-order valence-electron chi connectivity index (χ0n) is 14.9. The third-order valence-corrected chi connectivity index (χ3v) is 5.56. The zero-order valence-corrected chi connectivity index (χ0v) is 14.9. The fraction of sp³-hybridized carbons (Fsp3) is 0.824. The number of rotatable bonds is 4. The van der Waals surface area contributed by atoms with Crippen molar-refractivity contribution in [3.05, 3.63) is 11.6 Å². The van der Waals surface area contributed by atoms with E-state index in [-0.39, 0.29) is 6.03 Å². The van der Waals surface area contributed by atoms with E-state index in [0.29, 0.717) is 12.0 Å². The molecule has 2 aliphatic rings. The number of likely N-dealkylation sites (tertiary alicyclic amines) is 1. The van der Waals surface area contributed by atoms with Gasteiger partial charge in [-0.3, -0.25) is 0 Å². The van der Waals surface area contributed by atoms with Gasteiger partial charge in [-0.05, 0) is 37.5 Å². The number of carbonyl (C=O) groups is 1. The fourth-order valence-corrected chi connectivity index (χ4v) is 3.93. The smallest absolute Gasteiger partial charge is 0.317 e. The molecule has 24 heavy (non-hydrogen) atoms. The van der Waals surface area contributed by atoms with Crippen molar-refractivity contribution < 1.29 is 9.53 Å². The summed E-state index contributed by atoms with van der Waals surface area (Å²) >= 11 is 0. The number of nitrogens with zero attached hydrogens (tertiary/aromatic N) is 4. The van der Waals surface area contributed by atoms with Crippen molar-refractivity contribution in [3.63, 3.8) is 0 Å². The molecule has 3 rings (SSSR count). The summed E-state index contributed by atoms with van der Waals surface area (Å²) in [5.74, 6) is 2.02. The van der Waals surface area contributed by atoms with Gasteiger partial charge in [-0.2, -0.15) is 0 Å². The third kappa shape index (κ3) is 3.55. The fourth-order valence-electron chi connectivity index (χ4n) is 3.93. The summed E-state index contributed by atoms with van der Waals surface area (Å²) in [6, 6.07) is 0.0971. The molecule has 0 radical (unpaired) electrons. The first kappa shape index (κ1) is 17.2. The van der Waals surface area contributed by atoms with Gasteiger partial charge < -0.3 is 19.5 Å². The van der Waals surface area contributed by atoms with Crippen molar-refractivity contribution in [2.24, 2.45) is 5.41 Å². The Morgan fingerprint density at radius 2 is 1.96 bits per heavy atom. The molecule has 1 saturated heterocycles. The van der Waals surface area contributed by atoms with Crippen molar-refractivity contribution >= 4 is 6.03 Å². The van der Waals surface area contributed by atoms with Gasteiger partial charge in [-0.25, -0.2) is 4.79 Å². The van der Waals surface area contributed by atoms with E-state index in [9.17, 15) is 4.79 Å². The maximum absolute atomic E-state index is 12.1. The first-order chi connectivity index (χ1) is 11.7. The van der Waals surface area contributed by atoms with Crippen molar-refractivity contribution in [1.29, 1.82) is 0 Å². The minimum Gasteiger partial charge on any atom is -0.377 e. The third-order valence-electron chi connectivity index (χ3n) is 5.56. The first-order valence-corrected chi connectivity index (χ1v) is 9.10. The number of urea groups is 1. The number of hydrogen-bond acceptors (Lipinski definition) is 4. The van der Waals surface area contributed by atoms with E-state index in [1.807, 2.05) is 4.90 Å². The van der Waals surface area contributed by atoms with Crippen LogP contribution in [-0.2, 0) is 24.3 Å². The molecule has 7 heteroatoms. The van der Waals surface area contributed by atoms with E-state index < -0.39 is 0 Å². The molecule has 0 atom stereocenters. The van der Waals surface area contributed by atoms with Gasteiger partial charge in [-0.15, -0.1) is 10.2 Å². The molecule has 0 aromatic carbocycles. The summed E-state index contributed by atoms with van der Waals surface area (Å²) in [6.45, 7) is 6.04. The summed E-state index contributed by atoms with van der Waals surface area (Å²) in [4.78, 5) is 14.1. The summed E-state index contributed by atoms with van der Waals surface area (Å²) in [5.41, 5.74) is 0.340. The van der Waals surface area contributed by atoms with E-state index in [2.05, 4.69) is 27.0 Å². The number of carbonyl (C=O) groups excluding carboxylic acids is 1. The lowest BCUT2D eigenvalue weighted by Crippen LogP contribution is -2.47. The molecule has 0 unspecified atom stereocenters.